The van der Waals surface area contributed by atoms with Crippen LogP contribution in [0.4, 0.5) is 6.01 Å². The molecule has 5 heteroatoms. The van der Waals surface area contributed by atoms with E-state index < -0.39 is 5.97 Å². The number of carboxylic acid groups (broad SMARTS) is 1. The lowest BCUT2D eigenvalue weighted by molar-refractivity contribution is -0.136. The number of carbonyl (C=O) groups is 1. The van der Waals surface area contributed by atoms with Gasteiger partial charge >= 0.3 is 5.97 Å². The average molecular weight is 184 g/mol. The highest BCUT2D eigenvalue weighted by Gasteiger charge is 2.08. The van der Waals surface area contributed by atoms with Crippen molar-refractivity contribution in [2.45, 2.75) is 13.3 Å². The number of nitrogens with zero attached hydrogens (tertiary/aromatic N) is 2. The van der Waals surface area contributed by atoms with Crippen LogP contribution in [0.25, 0.3) is 0 Å². The summed E-state index contributed by atoms with van der Waals surface area (Å²) >= 11 is 0. The molecule has 1 heterocycles. The fraction of sp³-hybridized carbons (Fsp3) is 0.500. The van der Waals surface area contributed by atoms with Gasteiger partial charge in [0.25, 0.3) is 6.01 Å². The number of aryl methyl sites for hydroxylation is 1. The SMILES string of the molecule is Cc1cnc(N(C)CCC(=O)O)o1. The van der Waals surface area contributed by atoms with E-state index in [4.69, 9.17) is 9.52 Å². The van der Waals surface area contributed by atoms with Gasteiger partial charge in [-0.15, -0.1) is 0 Å². The summed E-state index contributed by atoms with van der Waals surface area (Å²) in [5, 5.41) is 8.44. The lowest BCUT2D eigenvalue weighted by Gasteiger charge is -2.11. The lowest BCUT2D eigenvalue weighted by atomic mass is 10.4. The zero-order valence-corrected chi connectivity index (χ0v) is 7.65. The minimum absolute atomic E-state index is 0.0813. The molecule has 1 N–H and O–H groups in total. The second-order valence-corrected chi connectivity index (χ2v) is 2.82. The summed E-state index contributed by atoms with van der Waals surface area (Å²) < 4.78 is 5.20. The molecular formula is C8H12N2O3. The summed E-state index contributed by atoms with van der Waals surface area (Å²) in [5.74, 6) is -0.104. The summed E-state index contributed by atoms with van der Waals surface area (Å²) in [6.07, 6.45) is 1.69. The Bertz CT molecular complexity index is 295. The fourth-order valence-electron chi connectivity index (χ4n) is 0.878. The molecule has 0 amide bonds. The predicted octanol–water partition coefficient (Wildman–Crippen LogP) is 0.894. The van der Waals surface area contributed by atoms with E-state index in [2.05, 4.69) is 4.98 Å². The molecule has 0 bridgehead atoms. The van der Waals surface area contributed by atoms with Crippen molar-refractivity contribution in [2.75, 3.05) is 18.5 Å². The van der Waals surface area contributed by atoms with Crippen molar-refractivity contribution in [3.63, 3.8) is 0 Å². The summed E-state index contributed by atoms with van der Waals surface area (Å²) in [4.78, 5) is 15.9. The van der Waals surface area contributed by atoms with E-state index in [1.54, 1.807) is 25.1 Å². The molecule has 0 aliphatic rings. The zero-order valence-electron chi connectivity index (χ0n) is 7.65. The van der Waals surface area contributed by atoms with Crippen LogP contribution in [0, 0.1) is 6.92 Å². The van der Waals surface area contributed by atoms with Crippen LogP contribution < -0.4 is 4.90 Å². The minimum Gasteiger partial charge on any atom is -0.481 e. The molecule has 1 aromatic rings. The van der Waals surface area contributed by atoms with Crippen LogP contribution in [0.3, 0.4) is 0 Å². The van der Waals surface area contributed by atoms with Crippen LogP contribution in [0.2, 0.25) is 0 Å². The molecule has 0 spiro atoms. The highest BCUT2D eigenvalue weighted by atomic mass is 16.4. The topological polar surface area (TPSA) is 66.6 Å². The van der Waals surface area contributed by atoms with Crippen molar-refractivity contribution in [1.82, 2.24) is 4.98 Å². The molecule has 13 heavy (non-hydrogen) atoms. The Hall–Kier alpha value is -1.52. The second-order valence-electron chi connectivity index (χ2n) is 2.82. The van der Waals surface area contributed by atoms with Crippen LogP contribution in [0.5, 0.6) is 0 Å². The number of rotatable bonds is 4. The molecule has 0 radical (unpaired) electrons. The molecule has 0 aliphatic carbocycles. The van der Waals surface area contributed by atoms with E-state index in [0.717, 1.165) is 5.76 Å². The van der Waals surface area contributed by atoms with Crippen molar-refractivity contribution in [3.05, 3.63) is 12.0 Å². The Morgan fingerprint density at radius 1 is 1.77 bits per heavy atom. The van der Waals surface area contributed by atoms with Gasteiger partial charge in [-0.25, -0.2) is 4.98 Å². The van der Waals surface area contributed by atoms with Crippen LogP contribution in [0.15, 0.2) is 10.6 Å². The molecule has 0 unspecified atom stereocenters. The van der Waals surface area contributed by atoms with E-state index in [1.165, 1.54) is 0 Å². The molecule has 0 fully saturated rings. The number of carboxylic acids is 1. The van der Waals surface area contributed by atoms with E-state index >= 15 is 0 Å². The van der Waals surface area contributed by atoms with E-state index in [-0.39, 0.29) is 6.42 Å². The number of hydrogen-bond acceptors (Lipinski definition) is 4. The number of anilines is 1. The van der Waals surface area contributed by atoms with Gasteiger partial charge in [0.2, 0.25) is 0 Å². The largest absolute Gasteiger partial charge is 0.481 e. The smallest absolute Gasteiger partial charge is 0.305 e. The molecule has 0 aliphatic heterocycles. The third-order valence-corrected chi connectivity index (χ3v) is 1.60. The normalized spacial score (nSPS) is 10.0. The van der Waals surface area contributed by atoms with Gasteiger partial charge in [-0.3, -0.25) is 4.79 Å². The molecular weight excluding hydrogens is 172 g/mol. The number of oxazole rings is 1. The van der Waals surface area contributed by atoms with Gasteiger partial charge in [0.1, 0.15) is 5.76 Å². The first-order chi connectivity index (χ1) is 6.09. The standard InChI is InChI=1S/C8H12N2O3/c1-6-5-9-8(13-6)10(2)4-3-7(11)12/h5H,3-4H2,1-2H3,(H,11,12). The molecule has 0 saturated carbocycles. The van der Waals surface area contributed by atoms with Crippen molar-refractivity contribution in [2.24, 2.45) is 0 Å². The maximum atomic E-state index is 10.3. The Morgan fingerprint density at radius 2 is 2.46 bits per heavy atom. The van der Waals surface area contributed by atoms with Crippen molar-refractivity contribution in [1.29, 1.82) is 0 Å². The highest BCUT2D eigenvalue weighted by molar-refractivity contribution is 5.67. The van der Waals surface area contributed by atoms with Crippen LogP contribution in [0.1, 0.15) is 12.2 Å². The number of hydrogen-bond donors (Lipinski definition) is 1. The van der Waals surface area contributed by atoms with Gasteiger partial charge in [-0.05, 0) is 6.92 Å². The van der Waals surface area contributed by atoms with E-state index in [1.807, 2.05) is 0 Å². The Morgan fingerprint density at radius 3 is 2.92 bits per heavy atom. The minimum atomic E-state index is -0.824. The maximum absolute atomic E-state index is 10.3. The molecule has 0 saturated heterocycles. The Labute approximate surface area is 76.0 Å². The number of aromatic nitrogens is 1. The molecule has 1 rings (SSSR count). The first-order valence-corrected chi connectivity index (χ1v) is 3.95. The van der Waals surface area contributed by atoms with Gasteiger partial charge in [-0.2, -0.15) is 0 Å². The molecule has 5 nitrogen and oxygen atoms in total. The van der Waals surface area contributed by atoms with E-state index in [9.17, 15) is 4.79 Å². The fourth-order valence-corrected chi connectivity index (χ4v) is 0.878. The molecule has 0 atom stereocenters. The Kier molecular flexibility index (Phi) is 2.89. The van der Waals surface area contributed by atoms with Crippen molar-refractivity contribution >= 4 is 12.0 Å². The summed E-state index contributed by atoms with van der Waals surface area (Å²) in [7, 11) is 1.74. The van der Waals surface area contributed by atoms with Gasteiger partial charge in [0.15, 0.2) is 0 Å². The molecule has 0 aromatic carbocycles. The lowest BCUT2D eigenvalue weighted by Crippen LogP contribution is -2.21. The zero-order chi connectivity index (χ0) is 9.84. The molecule has 1 aromatic heterocycles. The highest BCUT2D eigenvalue weighted by Crippen LogP contribution is 2.11. The first kappa shape index (κ1) is 9.57. The first-order valence-electron chi connectivity index (χ1n) is 3.95. The van der Waals surface area contributed by atoms with Gasteiger partial charge in [0.05, 0.1) is 12.6 Å². The van der Waals surface area contributed by atoms with E-state index in [0.29, 0.717) is 12.6 Å². The third-order valence-electron chi connectivity index (χ3n) is 1.60. The average Bonchev–Trinajstić information content (AvgIpc) is 2.47. The Balaban J connectivity index is 2.48. The summed E-state index contributed by atoms with van der Waals surface area (Å²) in [5.41, 5.74) is 0. The van der Waals surface area contributed by atoms with Crippen LogP contribution >= 0.6 is 0 Å². The predicted molar refractivity (Wildman–Crippen MR) is 46.8 cm³/mol. The van der Waals surface area contributed by atoms with Crippen molar-refractivity contribution in [3.8, 4) is 0 Å². The van der Waals surface area contributed by atoms with Crippen LogP contribution in [-0.2, 0) is 4.79 Å². The van der Waals surface area contributed by atoms with Gasteiger partial charge in [0, 0.05) is 13.6 Å². The quantitative estimate of drug-likeness (QED) is 0.752. The maximum Gasteiger partial charge on any atom is 0.305 e. The van der Waals surface area contributed by atoms with Crippen molar-refractivity contribution < 1.29 is 14.3 Å². The monoisotopic (exact) mass is 184 g/mol. The van der Waals surface area contributed by atoms with Gasteiger partial charge in [-0.1, -0.05) is 0 Å². The number of aliphatic carboxylic acids is 1. The van der Waals surface area contributed by atoms with Gasteiger partial charge < -0.3 is 14.4 Å². The van der Waals surface area contributed by atoms with Crippen LogP contribution in [-0.4, -0.2) is 29.7 Å². The summed E-state index contributed by atoms with van der Waals surface area (Å²) in [6, 6.07) is 0.457. The molecule has 72 valence electrons. The second kappa shape index (κ2) is 3.93. The summed E-state index contributed by atoms with van der Waals surface area (Å²) in [6.45, 7) is 2.19. The third kappa shape index (κ3) is 2.77.